The molecule has 0 N–H and O–H groups in total. The molecule has 0 amide bonds. The molecule has 0 atom stereocenters. The molecule has 0 aliphatic carbocycles. The highest BCUT2D eigenvalue weighted by molar-refractivity contribution is 7.16. The first-order valence-corrected chi connectivity index (χ1v) is 8.86. The number of hydrogen-bond donors (Lipinski definition) is 0. The van der Waals surface area contributed by atoms with E-state index in [9.17, 15) is 0 Å². The molecule has 1 aliphatic heterocycles. The van der Waals surface area contributed by atoms with Gasteiger partial charge in [-0.1, -0.05) is 41.9 Å². The van der Waals surface area contributed by atoms with Crippen molar-refractivity contribution in [2.75, 3.05) is 0 Å². The van der Waals surface area contributed by atoms with E-state index >= 15 is 0 Å². The van der Waals surface area contributed by atoms with Gasteiger partial charge in [0, 0.05) is 20.3 Å². The molecule has 1 aromatic carbocycles. The molecule has 1 aliphatic rings. The molecule has 0 unspecified atom stereocenters. The summed E-state index contributed by atoms with van der Waals surface area (Å²) in [5.41, 5.74) is 0.454. The predicted octanol–water partition coefficient (Wildman–Crippen LogP) is 5.71. The van der Waals surface area contributed by atoms with E-state index in [0.717, 1.165) is 20.3 Å². The van der Waals surface area contributed by atoms with Gasteiger partial charge in [0.25, 0.3) is 0 Å². The number of rotatable bonds is 3. The van der Waals surface area contributed by atoms with Crippen LogP contribution in [0.5, 0.6) is 0 Å². The molecule has 2 nitrogen and oxygen atoms in total. The van der Waals surface area contributed by atoms with E-state index in [0.29, 0.717) is 0 Å². The zero-order chi connectivity index (χ0) is 16.7. The Kier molecular flexibility index (Phi) is 4.45. The van der Waals surface area contributed by atoms with Crippen molar-refractivity contribution >= 4 is 36.1 Å². The molecule has 1 saturated heterocycles. The van der Waals surface area contributed by atoms with Gasteiger partial charge in [-0.05, 0) is 45.9 Å². The predicted molar refractivity (Wildman–Crippen MR) is 99.9 cm³/mol. The van der Waals surface area contributed by atoms with Crippen LogP contribution in [0, 0.1) is 0 Å². The summed E-state index contributed by atoms with van der Waals surface area (Å²) in [5.74, 6) is 1.97. The topological polar surface area (TPSA) is 18.5 Å². The van der Waals surface area contributed by atoms with Gasteiger partial charge < -0.3 is 9.31 Å². The van der Waals surface area contributed by atoms with E-state index in [1.165, 1.54) is 0 Å². The summed E-state index contributed by atoms with van der Waals surface area (Å²) in [6.07, 6.45) is 2.05. The zero-order valence-electron chi connectivity index (χ0n) is 13.8. The monoisotopic (exact) mass is 346 g/mol. The summed E-state index contributed by atoms with van der Waals surface area (Å²) < 4.78 is 11.9. The number of halogens is 1. The van der Waals surface area contributed by atoms with Gasteiger partial charge in [-0.2, -0.15) is 0 Å². The fourth-order valence-electron chi connectivity index (χ4n) is 2.39. The molecule has 0 saturated carbocycles. The van der Waals surface area contributed by atoms with Crippen molar-refractivity contribution in [1.29, 1.82) is 0 Å². The number of benzene rings is 1. The summed E-state index contributed by atoms with van der Waals surface area (Å²) >= 11 is 7.96. The standard InChI is InChI=1S/C18H20BClO2S/c1-17(2)18(3,4)22-19(21-17)12-11-13-9-10-16(23-13)14-7-5-6-8-15(14)20/h5-12H,1-4H3/b12-11+. The average Bonchev–Trinajstić information content (AvgIpc) is 3.00. The number of hydrogen-bond acceptors (Lipinski definition) is 3. The minimum absolute atomic E-state index is 0.305. The van der Waals surface area contributed by atoms with Crippen molar-refractivity contribution in [3.63, 3.8) is 0 Å². The van der Waals surface area contributed by atoms with E-state index in [2.05, 4.69) is 39.8 Å². The lowest BCUT2D eigenvalue weighted by molar-refractivity contribution is 0.00578. The summed E-state index contributed by atoms with van der Waals surface area (Å²) in [4.78, 5) is 2.30. The number of thiophene rings is 1. The SMILES string of the molecule is CC1(C)OB(/C=C/c2ccc(-c3ccccc3Cl)s2)OC1(C)C. The Morgan fingerprint density at radius 2 is 1.65 bits per heavy atom. The molecular formula is C18H20BClO2S. The molecular weight excluding hydrogens is 327 g/mol. The van der Waals surface area contributed by atoms with Crippen molar-refractivity contribution in [1.82, 2.24) is 0 Å². The van der Waals surface area contributed by atoms with Gasteiger partial charge in [-0.25, -0.2) is 0 Å². The lowest BCUT2D eigenvalue weighted by atomic mass is 9.90. The minimum atomic E-state index is -0.314. The Labute approximate surface area is 147 Å². The highest BCUT2D eigenvalue weighted by atomic mass is 35.5. The van der Waals surface area contributed by atoms with Crippen LogP contribution in [0.4, 0.5) is 0 Å². The smallest absolute Gasteiger partial charge is 0.400 e. The van der Waals surface area contributed by atoms with Gasteiger partial charge in [0.2, 0.25) is 0 Å². The fourth-order valence-corrected chi connectivity index (χ4v) is 3.64. The van der Waals surface area contributed by atoms with Crippen LogP contribution in [0.15, 0.2) is 42.4 Å². The van der Waals surface area contributed by atoms with E-state index in [1.54, 1.807) is 11.3 Å². The van der Waals surface area contributed by atoms with Crippen LogP contribution >= 0.6 is 22.9 Å². The molecule has 2 aromatic rings. The first-order chi connectivity index (χ1) is 10.8. The second-order valence-electron chi connectivity index (χ2n) is 6.67. The van der Waals surface area contributed by atoms with Gasteiger partial charge in [-0.3, -0.25) is 0 Å². The first kappa shape index (κ1) is 16.8. The van der Waals surface area contributed by atoms with Gasteiger partial charge >= 0.3 is 7.12 Å². The largest absolute Gasteiger partial charge is 0.487 e. The molecule has 5 heteroatoms. The van der Waals surface area contributed by atoms with Crippen LogP contribution < -0.4 is 0 Å². The van der Waals surface area contributed by atoms with Crippen molar-refractivity contribution in [3.05, 3.63) is 52.3 Å². The summed E-state index contributed by atoms with van der Waals surface area (Å²) in [7, 11) is -0.314. The maximum atomic E-state index is 6.26. The molecule has 0 bridgehead atoms. The Morgan fingerprint density at radius 1 is 1.00 bits per heavy atom. The van der Waals surface area contributed by atoms with E-state index in [4.69, 9.17) is 20.9 Å². The third-order valence-electron chi connectivity index (χ3n) is 4.46. The molecule has 120 valence electrons. The maximum absolute atomic E-state index is 6.26. The minimum Gasteiger partial charge on any atom is -0.400 e. The highest BCUT2D eigenvalue weighted by Gasteiger charge is 2.49. The van der Waals surface area contributed by atoms with Gasteiger partial charge in [0.1, 0.15) is 0 Å². The van der Waals surface area contributed by atoms with Crippen molar-refractivity contribution in [3.8, 4) is 10.4 Å². The lowest BCUT2D eigenvalue weighted by Gasteiger charge is -2.32. The summed E-state index contributed by atoms with van der Waals surface area (Å²) in [6.45, 7) is 8.23. The van der Waals surface area contributed by atoms with E-state index in [-0.39, 0.29) is 18.3 Å². The quantitative estimate of drug-likeness (QED) is 0.662. The molecule has 2 heterocycles. The lowest BCUT2D eigenvalue weighted by Crippen LogP contribution is -2.41. The maximum Gasteiger partial charge on any atom is 0.487 e. The van der Waals surface area contributed by atoms with E-state index in [1.807, 2.05) is 36.3 Å². The molecule has 3 rings (SSSR count). The third-order valence-corrected chi connectivity index (χ3v) is 5.87. The Hall–Kier alpha value is -1.07. The Morgan fingerprint density at radius 3 is 2.30 bits per heavy atom. The van der Waals surface area contributed by atoms with Crippen molar-refractivity contribution < 1.29 is 9.31 Å². The second-order valence-corrected chi connectivity index (χ2v) is 8.19. The summed E-state index contributed by atoms with van der Waals surface area (Å²) in [6, 6.07) is 12.1. The van der Waals surface area contributed by atoms with Gasteiger partial charge in [0.15, 0.2) is 0 Å². The molecule has 1 aromatic heterocycles. The second kappa shape index (κ2) is 6.10. The van der Waals surface area contributed by atoms with Crippen LogP contribution in [0.3, 0.4) is 0 Å². The van der Waals surface area contributed by atoms with Crippen molar-refractivity contribution in [2.24, 2.45) is 0 Å². The van der Waals surface area contributed by atoms with Crippen LogP contribution in [0.2, 0.25) is 5.02 Å². The molecule has 23 heavy (non-hydrogen) atoms. The zero-order valence-corrected chi connectivity index (χ0v) is 15.4. The van der Waals surface area contributed by atoms with Crippen LogP contribution in [0.1, 0.15) is 32.6 Å². The normalized spacial score (nSPS) is 19.6. The Bertz CT molecular complexity index is 720. The Balaban J connectivity index is 1.74. The third kappa shape index (κ3) is 3.41. The van der Waals surface area contributed by atoms with E-state index < -0.39 is 0 Å². The van der Waals surface area contributed by atoms with Gasteiger partial charge in [0.05, 0.1) is 11.2 Å². The van der Waals surface area contributed by atoms with Crippen LogP contribution in [0.25, 0.3) is 16.5 Å². The average molecular weight is 347 g/mol. The van der Waals surface area contributed by atoms with Crippen molar-refractivity contribution in [2.45, 2.75) is 38.9 Å². The van der Waals surface area contributed by atoms with Crippen LogP contribution in [-0.2, 0) is 9.31 Å². The van der Waals surface area contributed by atoms with Crippen LogP contribution in [-0.4, -0.2) is 18.3 Å². The highest BCUT2D eigenvalue weighted by Crippen LogP contribution is 2.37. The fraction of sp³-hybridized carbons (Fsp3) is 0.333. The first-order valence-electron chi connectivity index (χ1n) is 7.67. The summed E-state index contributed by atoms with van der Waals surface area (Å²) in [5, 5.41) is 0.774. The molecule has 0 radical (unpaired) electrons. The molecule has 1 fully saturated rings. The molecule has 0 spiro atoms. The van der Waals surface area contributed by atoms with Gasteiger partial charge in [-0.15, -0.1) is 11.3 Å².